The van der Waals surface area contributed by atoms with Crippen molar-refractivity contribution >= 4 is 0 Å². The third-order valence-corrected chi connectivity index (χ3v) is 1.32. The number of hydrogen-bond donors (Lipinski definition) is 3. The highest BCUT2D eigenvalue weighted by molar-refractivity contribution is 4.92. The van der Waals surface area contributed by atoms with Gasteiger partial charge in [0.1, 0.15) is 5.79 Å². The molecule has 0 aliphatic carbocycles. The van der Waals surface area contributed by atoms with Crippen LogP contribution in [0.3, 0.4) is 0 Å². The molecule has 0 unspecified atom stereocenters. The predicted molar refractivity (Wildman–Crippen MR) is 49.9 cm³/mol. The van der Waals surface area contributed by atoms with E-state index in [1.807, 2.05) is 0 Å². The molecular formula is C8H19N3O. The van der Waals surface area contributed by atoms with Gasteiger partial charge in [0.2, 0.25) is 0 Å². The second kappa shape index (κ2) is 5.99. The van der Waals surface area contributed by atoms with Gasteiger partial charge >= 0.3 is 0 Å². The summed E-state index contributed by atoms with van der Waals surface area (Å²) in [7, 11) is 0. The van der Waals surface area contributed by atoms with Gasteiger partial charge < -0.3 is 4.74 Å². The zero-order valence-corrected chi connectivity index (χ0v) is 7.62. The van der Waals surface area contributed by atoms with Gasteiger partial charge in [-0.2, -0.15) is 0 Å². The fraction of sp³-hybridized carbons (Fsp3) is 0.750. The van der Waals surface area contributed by atoms with E-state index in [9.17, 15) is 0 Å². The third-order valence-electron chi connectivity index (χ3n) is 1.32. The van der Waals surface area contributed by atoms with Crippen molar-refractivity contribution in [1.82, 2.24) is 0 Å². The lowest BCUT2D eigenvalue weighted by molar-refractivity contribution is 0.238. The predicted octanol–water partition coefficient (Wildman–Crippen LogP) is 0.237. The van der Waals surface area contributed by atoms with Gasteiger partial charge in [-0.25, -0.2) is 0 Å². The summed E-state index contributed by atoms with van der Waals surface area (Å²) in [5, 5.41) is 0. The molecule has 0 heterocycles. The van der Waals surface area contributed by atoms with Gasteiger partial charge in [0.15, 0.2) is 0 Å². The monoisotopic (exact) mass is 173 g/mol. The van der Waals surface area contributed by atoms with Crippen molar-refractivity contribution < 1.29 is 4.74 Å². The number of unbranched alkanes of at least 4 members (excludes halogenated alkanes) is 2. The van der Waals surface area contributed by atoms with Crippen molar-refractivity contribution in [3.05, 3.63) is 12.3 Å². The standard InChI is InChI=1S/C8H19N3O/c1-2-3-4-6-12-7-5-8(9,10)11/h5,7H,2-4,6,9-11H2,1H3. The SMILES string of the molecule is CCCCCOC=CC(N)(N)N. The largest absolute Gasteiger partial charge is 0.501 e. The molecule has 0 saturated heterocycles. The summed E-state index contributed by atoms with van der Waals surface area (Å²) in [5.74, 6) is -1.26. The van der Waals surface area contributed by atoms with Crippen molar-refractivity contribution in [2.24, 2.45) is 17.2 Å². The van der Waals surface area contributed by atoms with Gasteiger partial charge in [-0.15, -0.1) is 0 Å². The molecule has 0 aromatic heterocycles. The molecule has 12 heavy (non-hydrogen) atoms. The second-order valence-corrected chi connectivity index (χ2v) is 2.88. The van der Waals surface area contributed by atoms with Crippen molar-refractivity contribution in [3.63, 3.8) is 0 Å². The summed E-state index contributed by atoms with van der Waals surface area (Å²) in [6.45, 7) is 2.83. The minimum absolute atomic E-state index is 0.695. The topological polar surface area (TPSA) is 87.3 Å². The Morgan fingerprint density at radius 2 is 1.92 bits per heavy atom. The summed E-state index contributed by atoms with van der Waals surface area (Å²) in [4.78, 5) is 0. The van der Waals surface area contributed by atoms with E-state index in [0.29, 0.717) is 6.61 Å². The number of rotatable bonds is 6. The van der Waals surface area contributed by atoms with Crippen LogP contribution < -0.4 is 17.2 Å². The van der Waals surface area contributed by atoms with Crippen LogP contribution in [0.15, 0.2) is 12.3 Å². The lowest BCUT2D eigenvalue weighted by Crippen LogP contribution is -2.56. The van der Waals surface area contributed by atoms with Gasteiger partial charge in [-0.05, 0) is 12.5 Å². The normalized spacial score (nSPS) is 12.3. The van der Waals surface area contributed by atoms with Crippen LogP contribution in [0.2, 0.25) is 0 Å². The highest BCUT2D eigenvalue weighted by Crippen LogP contribution is 1.94. The molecule has 0 aliphatic rings. The smallest absolute Gasteiger partial charge is 0.138 e. The first-order valence-corrected chi connectivity index (χ1v) is 4.22. The van der Waals surface area contributed by atoms with Gasteiger partial charge in [-0.1, -0.05) is 19.8 Å². The highest BCUT2D eigenvalue weighted by atomic mass is 16.5. The van der Waals surface area contributed by atoms with E-state index in [0.717, 1.165) is 6.42 Å². The Balaban J connectivity index is 3.25. The van der Waals surface area contributed by atoms with E-state index in [2.05, 4.69) is 6.92 Å². The fourth-order valence-electron chi connectivity index (χ4n) is 0.669. The Labute approximate surface area is 73.7 Å². The van der Waals surface area contributed by atoms with Crippen molar-refractivity contribution in [1.29, 1.82) is 0 Å². The summed E-state index contributed by atoms with van der Waals surface area (Å²) in [6, 6.07) is 0. The lowest BCUT2D eigenvalue weighted by atomic mass is 10.3. The lowest BCUT2D eigenvalue weighted by Gasteiger charge is -2.11. The molecule has 0 spiro atoms. The molecule has 0 aromatic rings. The van der Waals surface area contributed by atoms with Crippen LogP contribution in [0.1, 0.15) is 26.2 Å². The summed E-state index contributed by atoms with van der Waals surface area (Å²) in [5.41, 5.74) is 15.8. The summed E-state index contributed by atoms with van der Waals surface area (Å²) < 4.78 is 5.09. The maximum absolute atomic E-state index is 5.27. The highest BCUT2D eigenvalue weighted by Gasteiger charge is 2.03. The molecule has 6 N–H and O–H groups in total. The van der Waals surface area contributed by atoms with Crippen LogP contribution >= 0.6 is 0 Å². The van der Waals surface area contributed by atoms with E-state index in [-0.39, 0.29) is 0 Å². The van der Waals surface area contributed by atoms with Gasteiger partial charge in [0.05, 0.1) is 12.9 Å². The minimum atomic E-state index is -1.26. The first kappa shape index (κ1) is 11.4. The third kappa shape index (κ3) is 9.42. The maximum Gasteiger partial charge on any atom is 0.138 e. The molecule has 0 aromatic carbocycles. The molecule has 4 heteroatoms. The summed E-state index contributed by atoms with van der Waals surface area (Å²) in [6.07, 6.45) is 6.29. The van der Waals surface area contributed by atoms with Crippen LogP contribution in [-0.4, -0.2) is 12.4 Å². The molecule has 0 atom stereocenters. The van der Waals surface area contributed by atoms with Crippen LogP contribution in [-0.2, 0) is 4.74 Å². The van der Waals surface area contributed by atoms with Crippen molar-refractivity contribution in [3.8, 4) is 0 Å². The quantitative estimate of drug-likeness (QED) is 0.305. The van der Waals surface area contributed by atoms with Crippen LogP contribution in [0.5, 0.6) is 0 Å². The molecule has 0 aliphatic heterocycles. The molecule has 72 valence electrons. The van der Waals surface area contributed by atoms with Crippen LogP contribution in [0.4, 0.5) is 0 Å². The average molecular weight is 173 g/mol. The minimum Gasteiger partial charge on any atom is -0.501 e. The molecule has 0 rings (SSSR count). The molecule has 0 radical (unpaired) electrons. The molecular weight excluding hydrogens is 154 g/mol. The Bertz CT molecular complexity index is 129. The van der Waals surface area contributed by atoms with Gasteiger partial charge in [0.25, 0.3) is 0 Å². The Kier molecular flexibility index (Phi) is 5.70. The molecule has 0 bridgehead atoms. The van der Waals surface area contributed by atoms with E-state index < -0.39 is 5.79 Å². The Morgan fingerprint density at radius 3 is 2.42 bits per heavy atom. The van der Waals surface area contributed by atoms with Gasteiger partial charge in [-0.3, -0.25) is 17.2 Å². The van der Waals surface area contributed by atoms with E-state index in [4.69, 9.17) is 21.9 Å². The molecule has 4 nitrogen and oxygen atoms in total. The maximum atomic E-state index is 5.27. The molecule has 0 fully saturated rings. The first-order valence-electron chi connectivity index (χ1n) is 4.22. The van der Waals surface area contributed by atoms with Crippen LogP contribution in [0.25, 0.3) is 0 Å². The van der Waals surface area contributed by atoms with Crippen molar-refractivity contribution in [2.45, 2.75) is 32.0 Å². The van der Waals surface area contributed by atoms with Gasteiger partial charge in [0, 0.05) is 0 Å². The van der Waals surface area contributed by atoms with E-state index >= 15 is 0 Å². The fourth-order valence-corrected chi connectivity index (χ4v) is 0.669. The Hall–Kier alpha value is -0.580. The first-order chi connectivity index (χ1) is 5.56. The van der Waals surface area contributed by atoms with E-state index in [1.165, 1.54) is 25.2 Å². The number of ether oxygens (including phenoxy) is 1. The van der Waals surface area contributed by atoms with Crippen molar-refractivity contribution in [2.75, 3.05) is 6.61 Å². The molecule has 0 saturated carbocycles. The molecule has 0 amide bonds. The second-order valence-electron chi connectivity index (χ2n) is 2.88. The number of hydrogen-bond acceptors (Lipinski definition) is 4. The zero-order valence-electron chi connectivity index (χ0n) is 7.62. The van der Waals surface area contributed by atoms with Crippen LogP contribution in [0, 0.1) is 0 Å². The Morgan fingerprint density at radius 1 is 1.25 bits per heavy atom. The average Bonchev–Trinajstić information content (AvgIpc) is 1.94. The summed E-state index contributed by atoms with van der Waals surface area (Å²) >= 11 is 0. The number of nitrogens with two attached hydrogens (primary N) is 3. The zero-order chi connectivity index (χ0) is 9.45. The van der Waals surface area contributed by atoms with E-state index in [1.54, 1.807) is 0 Å².